The van der Waals surface area contributed by atoms with Crippen LogP contribution in [-0.4, -0.2) is 14.9 Å². The van der Waals surface area contributed by atoms with E-state index in [2.05, 4.69) is 5.10 Å². The Morgan fingerprint density at radius 2 is 1.79 bits per heavy atom. The van der Waals surface area contributed by atoms with E-state index in [1.807, 2.05) is 6.07 Å². The highest BCUT2D eigenvalue weighted by atomic mass is 35.5. The number of hydrogen-bond donors (Lipinski definition) is 0. The van der Waals surface area contributed by atoms with Crippen LogP contribution in [0.1, 0.15) is 10.4 Å². The van der Waals surface area contributed by atoms with Crippen molar-refractivity contribution in [2.75, 3.05) is 0 Å². The van der Waals surface area contributed by atoms with Crippen LogP contribution in [0.15, 0.2) is 48.8 Å². The van der Waals surface area contributed by atoms with Gasteiger partial charge in [0, 0.05) is 11.8 Å². The lowest BCUT2D eigenvalue weighted by molar-refractivity contribution is 0.108. The van der Waals surface area contributed by atoms with E-state index < -0.39 is 5.24 Å². The molecule has 3 rings (SSSR count). The number of carbonyl (C=O) groups excluding carboxylic acids is 1. The van der Waals surface area contributed by atoms with Crippen LogP contribution in [0.2, 0.25) is 0 Å². The predicted molar refractivity (Wildman–Crippen MR) is 70.8 cm³/mol. The minimum absolute atomic E-state index is 0.279. The van der Waals surface area contributed by atoms with Crippen molar-refractivity contribution in [1.82, 2.24) is 9.61 Å². The van der Waals surface area contributed by atoms with Gasteiger partial charge in [0.1, 0.15) is 5.82 Å². The molecule has 3 nitrogen and oxygen atoms in total. The van der Waals surface area contributed by atoms with E-state index in [1.54, 1.807) is 28.9 Å². The molecule has 5 heteroatoms. The zero-order valence-electron chi connectivity index (χ0n) is 9.68. The molecular formula is C14H8ClFN2O. The van der Waals surface area contributed by atoms with Gasteiger partial charge in [-0.25, -0.2) is 8.91 Å². The molecule has 0 unspecified atom stereocenters. The van der Waals surface area contributed by atoms with Crippen molar-refractivity contribution in [2.45, 2.75) is 0 Å². The quantitative estimate of drug-likeness (QED) is 0.670. The average molecular weight is 275 g/mol. The molecule has 0 saturated heterocycles. The fourth-order valence-electron chi connectivity index (χ4n) is 1.95. The minimum atomic E-state index is -0.537. The molecule has 19 heavy (non-hydrogen) atoms. The molecule has 0 N–H and O–H groups in total. The first-order chi connectivity index (χ1) is 9.15. The molecule has 1 aromatic carbocycles. The number of rotatable bonds is 2. The minimum Gasteiger partial charge on any atom is -0.275 e. The summed E-state index contributed by atoms with van der Waals surface area (Å²) in [4.78, 5) is 11.2. The predicted octanol–water partition coefficient (Wildman–Crippen LogP) is 3.52. The van der Waals surface area contributed by atoms with Crippen molar-refractivity contribution in [3.8, 4) is 11.1 Å². The van der Waals surface area contributed by atoms with E-state index in [4.69, 9.17) is 11.6 Å². The summed E-state index contributed by atoms with van der Waals surface area (Å²) in [5.41, 5.74) is 2.76. The molecule has 2 aromatic heterocycles. The number of carbonyl (C=O) groups is 1. The van der Waals surface area contributed by atoms with Gasteiger partial charge >= 0.3 is 0 Å². The Bertz CT molecular complexity index is 765. The molecule has 94 valence electrons. The lowest BCUT2D eigenvalue weighted by Crippen LogP contribution is -1.91. The van der Waals surface area contributed by atoms with Crippen molar-refractivity contribution in [3.05, 3.63) is 60.2 Å². The summed E-state index contributed by atoms with van der Waals surface area (Å²) in [6.45, 7) is 0. The summed E-state index contributed by atoms with van der Waals surface area (Å²) in [5, 5.41) is 3.54. The van der Waals surface area contributed by atoms with Crippen molar-refractivity contribution in [3.63, 3.8) is 0 Å². The van der Waals surface area contributed by atoms with Gasteiger partial charge in [-0.05, 0) is 35.4 Å². The van der Waals surface area contributed by atoms with Crippen molar-refractivity contribution in [2.24, 2.45) is 0 Å². The Morgan fingerprint density at radius 1 is 1.11 bits per heavy atom. The lowest BCUT2D eigenvalue weighted by Gasteiger charge is -2.03. The summed E-state index contributed by atoms with van der Waals surface area (Å²) >= 11 is 5.46. The van der Waals surface area contributed by atoms with Crippen LogP contribution in [0.4, 0.5) is 4.39 Å². The van der Waals surface area contributed by atoms with E-state index in [1.165, 1.54) is 18.3 Å². The zero-order valence-corrected chi connectivity index (χ0v) is 10.4. The van der Waals surface area contributed by atoms with Gasteiger partial charge < -0.3 is 0 Å². The van der Waals surface area contributed by atoms with Crippen LogP contribution in [-0.2, 0) is 0 Å². The van der Waals surface area contributed by atoms with E-state index in [0.717, 1.165) is 11.1 Å². The van der Waals surface area contributed by atoms with Gasteiger partial charge in [-0.2, -0.15) is 5.10 Å². The van der Waals surface area contributed by atoms with Crippen molar-refractivity contribution in [1.29, 1.82) is 0 Å². The number of nitrogens with zero attached hydrogens (tertiary/aromatic N) is 2. The van der Waals surface area contributed by atoms with E-state index in [0.29, 0.717) is 11.1 Å². The SMILES string of the molecule is O=C(Cl)c1cnn2cc(-c3ccc(F)cc3)ccc12. The molecule has 0 aliphatic carbocycles. The normalized spacial score (nSPS) is 10.8. The third kappa shape index (κ3) is 2.11. The maximum absolute atomic E-state index is 12.9. The molecule has 0 spiro atoms. The monoisotopic (exact) mass is 274 g/mol. The summed E-state index contributed by atoms with van der Waals surface area (Å²) in [5.74, 6) is -0.279. The molecular weight excluding hydrogens is 267 g/mol. The summed E-state index contributed by atoms with van der Waals surface area (Å²) in [6, 6.07) is 9.78. The number of aromatic nitrogens is 2. The Morgan fingerprint density at radius 3 is 2.47 bits per heavy atom. The van der Waals surface area contributed by atoms with Gasteiger partial charge in [0.25, 0.3) is 5.24 Å². The number of fused-ring (bicyclic) bond motifs is 1. The van der Waals surface area contributed by atoms with Crippen LogP contribution >= 0.6 is 11.6 Å². The maximum atomic E-state index is 12.9. The molecule has 2 heterocycles. The maximum Gasteiger partial charge on any atom is 0.256 e. The van der Waals surface area contributed by atoms with Crippen LogP contribution in [0, 0.1) is 5.82 Å². The first-order valence-electron chi connectivity index (χ1n) is 5.58. The Kier molecular flexibility index (Phi) is 2.80. The third-order valence-corrected chi connectivity index (χ3v) is 3.11. The molecule has 0 atom stereocenters. The zero-order chi connectivity index (χ0) is 13.4. The number of halogens is 2. The second kappa shape index (κ2) is 4.48. The Hall–Kier alpha value is -2.20. The molecule has 0 aliphatic rings. The van der Waals surface area contributed by atoms with Gasteiger partial charge in [0.2, 0.25) is 0 Å². The standard InChI is InChI=1S/C14H8ClFN2O/c15-14(19)12-7-17-18-8-10(3-6-13(12)18)9-1-4-11(16)5-2-9/h1-8H. The van der Waals surface area contributed by atoms with E-state index in [-0.39, 0.29) is 5.82 Å². The number of hydrogen-bond acceptors (Lipinski definition) is 2. The molecule has 0 fully saturated rings. The first-order valence-corrected chi connectivity index (χ1v) is 5.96. The summed E-state index contributed by atoms with van der Waals surface area (Å²) in [7, 11) is 0. The summed E-state index contributed by atoms with van der Waals surface area (Å²) in [6.07, 6.45) is 3.20. The van der Waals surface area contributed by atoms with Gasteiger partial charge in [-0.1, -0.05) is 18.2 Å². The highest BCUT2D eigenvalue weighted by Crippen LogP contribution is 2.22. The van der Waals surface area contributed by atoms with E-state index >= 15 is 0 Å². The molecule has 0 bridgehead atoms. The highest BCUT2D eigenvalue weighted by Gasteiger charge is 2.10. The van der Waals surface area contributed by atoms with Gasteiger partial charge in [-0.15, -0.1) is 0 Å². The molecule has 0 radical (unpaired) electrons. The van der Waals surface area contributed by atoms with Gasteiger partial charge in [0.15, 0.2) is 0 Å². The van der Waals surface area contributed by atoms with Gasteiger partial charge in [0.05, 0.1) is 17.3 Å². The van der Waals surface area contributed by atoms with Crippen molar-refractivity contribution >= 4 is 22.4 Å². The topological polar surface area (TPSA) is 34.4 Å². The van der Waals surface area contributed by atoms with Crippen LogP contribution in [0.25, 0.3) is 16.6 Å². The smallest absolute Gasteiger partial charge is 0.256 e. The largest absolute Gasteiger partial charge is 0.275 e. The second-order valence-electron chi connectivity index (χ2n) is 4.09. The van der Waals surface area contributed by atoms with E-state index in [9.17, 15) is 9.18 Å². The lowest BCUT2D eigenvalue weighted by atomic mass is 10.1. The van der Waals surface area contributed by atoms with Gasteiger partial charge in [-0.3, -0.25) is 4.79 Å². The van der Waals surface area contributed by atoms with Crippen LogP contribution in [0.5, 0.6) is 0 Å². The average Bonchev–Trinajstić information content (AvgIpc) is 2.82. The molecule has 0 saturated carbocycles. The fraction of sp³-hybridized carbons (Fsp3) is 0. The summed E-state index contributed by atoms with van der Waals surface area (Å²) < 4.78 is 14.5. The van der Waals surface area contributed by atoms with Crippen LogP contribution < -0.4 is 0 Å². The Balaban J connectivity index is 2.12. The third-order valence-electron chi connectivity index (χ3n) is 2.91. The highest BCUT2D eigenvalue weighted by molar-refractivity contribution is 6.68. The Labute approximate surface area is 113 Å². The number of benzene rings is 1. The first kappa shape index (κ1) is 11.9. The fourth-order valence-corrected chi connectivity index (χ4v) is 2.09. The second-order valence-corrected chi connectivity index (χ2v) is 4.43. The molecule has 3 aromatic rings. The number of pyridine rings is 1. The molecule has 0 amide bonds. The van der Waals surface area contributed by atoms with Crippen molar-refractivity contribution < 1.29 is 9.18 Å². The molecule has 0 aliphatic heterocycles. The van der Waals surface area contributed by atoms with Crippen LogP contribution in [0.3, 0.4) is 0 Å².